The van der Waals surface area contributed by atoms with Gasteiger partial charge in [0.05, 0.1) is 5.56 Å². The summed E-state index contributed by atoms with van der Waals surface area (Å²) in [5, 5.41) is 0. The number of rotatable bonds is 1. The highest BCUT2D eigenvalue weighted by Crippen LogP contribution is 2.32. The average Bonchev–Trinajstić information content (AvgIpc) is 2.85. The highest BCUT2D eigenvalue weighted by Gasteiger charge is 2.27. The molecule has 0 atom stereocenters. The van der Waals surface area contributed by atoms with Gasteiger partial charge in [-0.1, -0.05) is 30.4 Å². The lowest BCUT2D eigenvalue weighted by Crippen LogP contribution is -2.32. The molecule has 4 rings (SSSR count). The first-order chi connectivity index (χ1) is 10.2. The zero-order valence-electron chi connectivity index (χ0n) is 12.7. The summed E-state index contributed by atoms with van der Waals surface area (Å²) in [6.07, 6.45) is 11.3. The van der Waals surface area contributed by atoms with E-state index in [1.807, 2.05) is 0 Å². The van der Waals surface area contributed by atoms with Crippen LogP contribution in [-0.2, 0) is 6.54 Å². The molecule has 0 radical (unpaired) electrons. The fourth-order valence-corrected chi connectivity index (χ4v) is 3.35. The smallest absolute Gasteiger partial charge is 0.194 e. The van der Waals surface area contributed by atoms with Crippen molar-refractivity contribution < 1.29 is 4.57 Å². The zero-order valence-corrected chi connectivity index (χ0v) is 12.7. The van der Waals surface area contributed by atoms with E-state index in [1.54, 1.807) is 0 Å². The van der Waals surface area contributed by atoms with Gasteiger partial charge in [-0.15, -0.1) is 0 Å². The summed E-state index contributed by atoms with van der Waals surface area (Å²) in [6, 6.07) is 9.31. The van der Waals surface area contributed by atoms with Gasteiger partial charge in [0, 0.05) is 17.2 Å². The molecule has 0 saturated carbocycles. The van der Waals surface area contributed by atoms with Crippen LogP contribution in [0.1, 0.15) is 35.1 Å². The van der Waals surface area contributed by atoms with Crippen LogP contribution in [0.2, 0.25) is 0 Å². The van der Waals surface area contributed by atoms with E-state index in [1.165, 1.54) is 39.1 Å². The van der Waals surface area contributed by atoms with E-state index in [4.69, 9.17) is 0 Å². The maximum Gasteiger partial charge on any atom is 0.213 e. The second-order valence-corrected chi connectivity index (χ2v) is 6.18. The number of hydrogen-bond acceptors (Lipinski definition) is 0. The first-order valence-electron chi connectivity index (χ1n) is 7.72. The van der Waals surface area contributed by atoms with Crippen LogP contribution in [0.3, 0.4) is 0 Å². The third-order valence-corrected chi connectivity index (χ3v) is 4.75. The van der Waals surface area contributed by atoms with Crippen LogP contribution >= 0.6 is 0 Å². The topological polar surface area (TPSA) is 3.88 Å². The average molecular weight is 274 g/mol. The van der Waals surface area contributed by atoms with Gasteiger partial charge in [-0.3, -0.25) is 0 Å². The van der Waals surface area contributed by atoms with Crippen molar-refractivity contribution in [2.75, 3.05) is 0 Å². The first kappa shape index (κ1) is 12.6. The van der Waals surface area contributed by atoms with Crippen molar-refractivity contribution in [3.8, 4) is 11.3 Å². The number of pyridine rings is 1. The second kappa shape index (κ2) is 4.70. The Kier molecular flexibility index (Phi) is 2.81. The van der Waals surface area contributed by atoms with Gasteiger partial charge >= 0.3 is 0 Å². The molecule has 2 aliphatic rings. The Hall–Kier alpha value is -2.15. The molecule has 0 bridgehead atoms. The minimum Gasteiger partial charge on any atom is -0.194 e. The Morgan fingerprint density at radius 3 is 2.76 bits per heavy atom. The quantitative estimate of drug-likeness (QED) is 0.581. The van der Waals surface area contributed by atoms with Crippen molar-refractivity contribution in [1.29, 1.82) is 0 Å². The number of aryl methyl sites for hydroxylation is 2. The summed E-state index contributed by atoms with van der Waals surface area (Å²) in [6.45, 7) is 5.40. The molecule has 1 aromatic heterocycles. The van der Waals surface area contributed by atoms with E-state index in [0.29, 0.717) is 0 Å². The Morgan fingerprint density at radius 1 is 1.05 bits per heavy atom. The van der Waals surface area contributed by atoms with Crippen LogP contribution in [0.25, 0.3) is 16.8 Å². The monoisotopic (exact) mass is 274 g/mol. The Labute approximate surface area is 126 Å². The summed E-state index contributed by atoms with van der Waals surface area (Å²) in [5.74, 6) is 0. The summed E-state index contributed by atoms with van der Waals surface area (Å²) in [7, 11) is 0. The predicted octanol–water partition coefficient (Wildman–Crippen LogP) is 4.35. The lowest BCUT2D eigenvalue weighted by atomic mass is 9.94. The first-order valence-corrected chi connectivity index (χ1v) is 7.72. The Bertz CT molecular complexity index is 794. The molecule has 2 heterocycles. The highest BCUT2D eigenvalue weighted by atomic mass is 15.0. The van der Waals surface area contributed by atoms with Crippen molar-refractivity contribution in [1.82, 2.24) is 0 Å². The van der Waals surface area contributed by atoms with Crippen molar-refractivity contribution in [2.24, 2.45) is 0 Å². The van der Waals surface area contributed by atoms with Crippen LogP contribution in [0.4, 0.5) is 0 Å². The van der Waals surface area contributed by atoms with Gasteiger partial charge in [-0.25, -0.2) is 0 Å². The molecule has 2 aromatic rings. The maximum absolute atomic E-state index is 2.38. The molecule has 0 amide bonds. The minimum atomic E-state index is 1.00. The third-order valence-electron chi connectivity index (χ3n) is 4.75. The Balaban J connectivity index is 1.84. The third kappa shape index (κ3) is 2.04. The maximum atomic E-state index is 2.38. The van der Waals surface area contributed by atoms with Gasteiger partial charge in [0.2, 0.25) is 5.69 Å². The second-order valence-electron chi connectivity index (χ2n) is 6.18. The van der Waals surface area contributed by atoms with Gasteiger partial charge in [0.15, 0.2) is 12.7 Å². The van der Waals surface area contributed by atoms with E-state index >= 15 is 0 Å². The van der Waals surface area contributed by atoms with Crippen LogP contribution in [-0.4, -0.2) is 0 Å². The lowest BCUT2D eigenvalue weighted by molar-refractivity contribution is -0.672. The summed E-state index contributed by atoms with van der Waals surface area (Å²) < 4.78 is 2.38. The fourth-order valence-electron chi connectivity index (χ4n) is 3.35. The van der Waals surface area contributed by atoms with Crippen LogP contribution < -0.4 is 4.57 Å². The van der Waals surface area contributed by atoms with Crippen LogP contribution in [0.5, 0.6) is 0 Å². The SMILES string of the molecule is Cc1cc2[n+](cc1C)Cc1ccc(C3=CC=CCC3)cc1-2. The molecule has 1 nitrogen and oxygen atoms in total. The molecule has 0 spiro atoms. The lowest BCUT2D eigenvalue weighted by Gasteiger charge is -2.10. The molecule has 0 unspecified atom stereocenters. The molecule has 0 N–H and O–H groups in total. The van der Waals surface area contributed by atoms with E-state index in [-0.39, 0.29) is 0 Å². The normalized spacial score (nSPS) is 15.6. The van der Waals surface area contributed by atoms with Gasteiger partial charge in [-0.05, 0) is 49.5 Å². The van der Waals surface area contributed by atoms with Crippen LogP contribution in [0.15, 0.2) is 48.7 Å². The van der Waals surface area contributed by atoms with E-state index in [2.05, 4.69) is 67.1 Å². The summed E-state index contributed by atoms with van der Waals surface area (Å²) in [5.41, 5.74) is 9.79. The molecule has 1 aliphatic carbocycles. The molecule has 0 saturated heterocycles. The molecule has 1 heteroatoms. The zero-order chi connectivity index (χ0) is 14.4. The summed E-state index contributed by atoms with van der Waals surface area (Å²) in [4.78, 5) is 0. The van der Waals surface area contributed by atoms with E-state index in [9.17, 15) is 0 Å². The van der Waals surface area contributed by atoms with Gasteiger partial charge in [0.1, 0.15) is 0 Å². The van der Waals surface area contributed by atoms with E-state index < -0.39 is 0 Å². The van der Waals surface area contributed by atoms with Gasteiger partial charge < -0.3 is 0 Å². The molecule has 1 aromatic carbocycles. The van der Waals surface area contributed by atoms with Crippen molar-refractivity contribution >= 4 is 5.57 Å². The minimum absolute atomic E-state index is 1.00. The van der Waals surface area contributed by atoms with E-state index in [0.717, 1.165) is 19.4 Å². The van der Waals surface area contributed by atoms with Crippen molar-refractivity contribution in [3.05, 3.63) is 70.9 Å². The Morgan fingerprint density at radius 2 is 1.95 bits per heavy atom. The fraction of sp³-hybridized carbons (Fsp3) is 0.250. The number of nitrogens with zero attached hydrogens (tertiary/aromatic N) is 1. The molecular weight excluding hydrogens is 254 g/mol. The standard InChI is InChI=1S/C20H20N/c1-14-10-20-19-11-17(16-6-4-3-5-7-16)8-9-18(19)13-21(20)12-15(14)2/h3-4,6,8-12H,5,7,13H2,1-2H3/q+1. The number of benzene rings is 1. The van der Waals surface area contributed by atoms with Crippen molar-refractivity contribution in [3.63, 3.8) is 0 Å². The molecule has 1 aliphatic heterocycles. The number of fused-ring (bicyclic) bond motifs is 3. The number of aromatic nitrogens is 1. The number of hydrogen-bond donors (Lipinski definition) is 0. The highest BCUT2D eigenvalue weighted by molar-refractivity contribution is 5.75. The molecule has 104 valence electrons. The van der Waals surface area contributed by atoms with Gasteiger partial charge in [0.25, 0.3) is 0 Å². The molecule has 21 heavy (non-hydrogen) atoms. The van der Waals surface area contributed by atoms with Gasteiger partial charge in [-0.2, -0.15) is 4.57 Å². The summed E-state index contributed by atoms with van der Waals surface area (Å²) >= 11 is 0. The van der Waals surface area contributed by atoms with Crippen molar-refractivity contribution in [2.45, 2.75) is 33.2 Å². The molecule has 0 fully saturated rings. The number of allylic oxidation sites excluding steroid dienone is 4. The largest absolute Gasteiger partial charge is 0.213 e. The molecular formula is C20H20N+. The van der Waals surface area contributed by atoms with Crippen LogP contribution in [0, 0.1) is 13.8 Å². The predicted molar refractivity (Wildman–Crippen MR) is 87.0 cm³/mol.